The molecule has 0 spiro atoms. The van der Waals surface area contributed by atoms with E-state index in [0.717, 1.165) is 0 Å². The van der Waals surface area contributed by atoms with E-state index in [1.807, 2.05) is 0 Å². The summed E-state index contributed by atoms with van der Waals surface area (Å²) in [5.74, 6) is -2.87. The van der Waals surface area contributed by atoms with Gasteiger partial charge in [-0.3, -0.25) is 9.79 Å². The first-order valence-electron chi connectivity index (χ1n) is 13.2. The zero-order valence-electron chi connectivity index (χ0n) is 24.4. The zero-order chi connectivity index (χ0) is 31.4. The summed E-state index contributed by atoms with van der Waals surface area (Å²) in [6, 6.07) is 5.38. The summed E-state index contributed by atoms with van der Waals surface area (Å²) in [6.07, 6.45) is 0.0943. The molecular formula is C30H36F5N5O2. The van der Waals surface area contributed by atoms with Crippen LogP contribution in [0.15, 0.2) is 58.8 Å². The van der Waals surface area contributed by atoms with Gasteiger partial charge >= 0.3 is 6.18 Å². The van der Waals surface area contributed by atoms with Gasteiger partial charge < -0.3 is 20.7 Å². The van der Waals surface area contributed by atoms with Crippen molar-refractivity contribution in [3.8, 4) is 5.75 Å². The highest BCUT2D eigenvalue weighted by Crippen LogP contribution is 2.27. The Morgan fingerprint density at radius 3 is 2.36 bits per heavy atom. The molecule has 2 aromatic rings. The molecule has 0 aromatic heterocycles. The van der Waals surface area contributed by atoms with Gasteiger partial charge in [0.1, 0.15) is 6.04 Å². The second-order valence-corrected chi connectivity index (χ2v) is 9.24. The van der Waals surface area contributed by atoms with Crippen molar-refractivity contribution in [3.05, 3.63) is 77.1 Å². The van der Waals surface area contributed by atoms with Crippen molar-refractivity contribution in [3.63, 3.8) is 0 Å². The number of aliphatic imine (C=N–C) groups is 2. The molecule has 228 valence electrons. The molecule has 0 aliphatic rings. The first-order chi connectivity index (χ1) is 19.9. The fourth-order valence-electron chi connectivity index (χ4n) is 3.85. The summed E-state index contributed by atoms with van der Waals surface area (Å²) in [6.45, 7) is 6.88. The molecule has 3 N–H and O–H groups in total. The van der Waals surface area contributed by atoms with Gasteiger partial charge in [-0.1, -0.05) is 13.0 Å². The van der Waals surface area contributed by atoms with Crippen LogP contribution in [-0.2, 0) is 6.42 Å². The summed E-state index contributed by atoms with van der Waals surface area (Å²) < 4.78 is 73.8. The highest BCUT2D eigenvalue weighted by molar-refractivity contribution is 6.45. The Kier molecular flexibility index (Phi) is 12.9. The van der Waals surface area contributed by atoms with Gasteiger partial charge in [0.15, 0.2) is 17.4 Å². The summed E-state index contributed by atoms with van der Waals surface area (Å²) >= 11 is 0. The largest absolute Gasteiger partial charge is 0.494 e. The van der Waals surface area contributed by atoms with E-state index in [4.69, 9.17) is 4.74 Å². The van der Waals surface area contributed by atoms with Crippen LogP contribution in [-0.4, -0.2) is 50.4 Å². The quantitative estimate of drug-likeness (QED) is 0.146. The number of hydrogen-bond donors (Lipinski definition) is 3. The van der Waals surface area contributed by atoms with Crippen LogP contribution in [0.3, 0.4) is 0 Å². The van der Waals surface area contributed by atoms with Crippen LogP contribution in [0.2, 0.25) is 0 Å². The third-order valence-electron chi connectivity index (χ3n) is 6.22. The van der Waals surface area contributed by atoms with Crippen LogP contribution in [0, 0.1) is 11.6 Å². The molecule has 0 radical (unpaired) electrons. The van der Waals surface area contributed by atoms with Crippen LogP contribution in [0.25, 0.3) is 5.57 Å². The van der Waals surface area contributed by atoms with E-state index in [0.29, 0.717) is 34.8 Å². The molecular weight excluding hydrogens is 557 g/mol. The van der Waals surface area contributed by atoms with E-state index >= 15 is 0 Å². The van der Waals surface area contributed by atoms with Crippen molar-refractivity contribution >= 4 is 28.7 Å². The lowest BCUT2D eigenvalue weighted by molar-refractivity contribution is -0.154. The molecule has 0 aliphatic carbocycles. The number of alkyl halides is 3. The SMILES string of the molecule is C\C=C/N=C(Nc1ccc(C(=O)NC(CCNC)C(F)(F)F)c(CC)c1)\C(C)=N\C=C(/C)c1ccc(OC)c(F)c1F. The molecule has 1 atom stereocenters. The Bertz CT molecular complexity index is 1370. The maximum Gasteiger partial charge on any atom is 0.408 e. The van der Waals surface area contributed by atoms with E-state index in [-0.39, 0.29) is 29.8 Å². The molecule has 1 unspecified atom stereocenters. The summed E-state index contributed by atoms with van der Waals surface area (Å²) in [5, 5.41) is 7.88. The van der Waals surface area contributed by atoms with Gasteiger partial charge in [-0.05, 0) is 88.7 Å². The van der Waals surface area contributed by atoms with E-state index in [1.165, 1.54) is 44.8 Å². The molecule has 0 heterocycles. The van der Waals surface area contributed by atoms with E-state index in [2.05, 4.69) is 25.9 Å². The molecule has 0 fully saturated rings. The summed E-state index contributed by atoms with van der Waals surface area (Å²) in [7, 11) is 2.78. The number of amidine groups is 1. The topological polar surface area (TPSA) is 87.1 Å². The first kappa shape index (κ1) is 34.1. The maximum absolute atomic E-state index is 14.5. The second kappa shape index (κ2) is 15.8. The molecule has 7 nitrogen and oxygen atoms in total. The number of ether oxygens (including phenoxy) is 1. The van der Waals surface area contributed by atoms with Gasteiger partial charge in [-0.2, -0.15) is 17.6 Å². The number of halogens is 5. The Hall–Kier alpha value is -4.06. The van der Waals surface area contributed by atoms with Crippen LogP contribution >= 0.6 is 0 Å². The normalized spacial score (nSPS) is 13.8. The summed E-state index contributed by atoms with van der Waals surface area (Å²) in [4.78, 5) is 21.5. The van der Waals surface area contributed by atoms with Crippen LogP contribution in [0.4, 0.5) is 27.6 Å². The minimum Gasteiger partial charge on any atom is -0.494 e. The fraction of sp³-hybridized carbons (Fsp3) is 0.367. The summed E-state index contributed by atoms with van der Waals surface area (Å²) in [5.41, 5.74) is 1.96. The number of nitrogens with zero attached hydrogens (tertiary/aromatic N) is 2. The Balaban J connectivity index is 2.34. The van der Waals surface area contributed by atoms with Crippen molar-refractivity contribution < 1.29 is 31.5 Å². The minimum absolute atomic E-state index is 0.0184. The number of rotatable bonds is 12. The predicted octanol–water partition coefficient (Wildman–Crippen LogP) is 6.67. The molecule has 2 rings (SSSR count). The van der Waals surface area contributed by atoms with Crippen molar-refractivity contribution in [2.24, 2.45) is 9.98 Å². The van der Waals surface area contributed by atoms with Gasteiger partial charge in [-0.15, -0.1) is 0 Å². The van der Waals surface area contributed by atoms with Crippen LogP contribution < -0.4 is 20.7 Å². The Labute approximate surface area is 242 Å². The van der Waals surface area contributed by atoms with E-state index < -0.39 is 29.8 Å². The lowest BCUT2D eigenvalue weighted by atomic mass is 10.0. The number of benzene rings is 2. The van der Waals surface area contributed by atoms with E-state index in [1.54, 1.807) is 45.9 Å². The first-order valence-corrected chi connectivity index (χ1v) is 13.2. The number of hydrogen-bond acceptors (Lipinski definition) is 5. The average molecular weight is 594 g/mol. The van der Waals surface area contributed by atoms with Gasteiger partial charge in [0.2, 0.25) is 5.82 Å². The molecule has 0 saturated heterocycles. The minimum atomic E-state index is -4.59. The second-order valence-electron chi connectivity index (χ2n) is 9.24. The monoisotopic (exact) mass is 593 g/mol. The van der Waals surface area contributed by atoms with Gasteiger partial charge in [-0.25, -0.2) is 9.38 Å². The average Bonchev–Trinajstić information content (AvgIpc) is 2.96. The zero-order valence-corrected chi connectivity index (χ0v) is 24.4. The highest BCUT2D eigenvalue weighted by Gasteiger charge is 2.40. The lowest BCUT2D eigenvalue weighted by Crippen LogP contribution is -2.46. The smallest absolute Gasteiger partial charge is 0.408 e. The van der Waals surface area contributed by atoms with Gasteiger partial charge in [0.25, 0.3) is 5.91 Å². The molecule has 42 heavy (non-hydrogen) atoms. The van der Waals surface area contributed by atoms with Crippen LogP contribution in [0.1, 0.15) is 55.6 Å². The molecule has 12 heteroatoms. The van der Waals surface area contributed by atoms with Gasteiger partial charge in [0, 0.05) is 29.2 Å². The Morgan fingerprint density at radius 2 is 1.76 bits per heavy atom. The molecule has 0 saturated carbocycles. The standard InChI is InChI=1S/C30H36F5N5O2/c1-7-14-37-28(19(4)38-17-18(3)22-11-12-24(42-6)27(32)26(22)31)39-21-9-10-23(20(8-2)16-21)29(41)40-25(13-15-36-5)30(33,34)35/h7,9-12,14,16-17,25,36H,8,13,15H2,1-6H3,(H,37,39)(H,40,41)/b14-7-,18-17+,38-19+. The van der Waals surface area contributed by atoms with Crippen molar-refractivity contribution in [1.82, 2.24) is 10.6 Å². The number of carbonyl (C=O) groups is 1. The number of aryl methyl sites for hydroxylation is 1. The Morgan fingerprint density at radius 1 is 1.07 bits per heavy atom. The van der Waals surface area contributed by atoms with Gasteiger partial charge in [0.05, 0.1) is 12.8 Å². The highest BCUT2D eigenvalue weighted by atomic mass is 19.4. The number of methoxy groups -OCH3 is 1. The predicted molar refractivity (Wildman–Crippen MR) is 157 cm³/mol. The number of nitrogens with one attached hydrogen (secondary N) is 3. The van der Waals surface area contributed by atoms with Crippen LogP contribution in [0.5, 0.6) is 5.75 Å². The molecule has 1 amide bonds. The molecule has 0 bridgehead atoms. The lowest BCUT2D eigenvalue weighted by Gasteiger charge is -2.22. The van der Waals surface area contributed by atoms with Crippen molar-refractivity contribution in [2.45, 2.75) is 52.8 Å². The van der Waals surface area contributed by atoms with E-state index in [9.17, 15) is 26.7 Å². The fourth-order valence-corrected chi connectivity index (χ4v) is 3.85. The van der Waals surface area contributed by atoms with Crippen molar-refractivity contribution in [1.29, 1.82) is 0 Å². The maximum atomic E-state index is 14.5. The van der Waals surface area contributed by atoms with Crippen molar-refractivity contribution in [2.75, 3.05) is 26.0 Å². The number of carbonyl (C=O) groups excluding carboxylic acids is 1. The molecule has 2 aromatic carbocycles. The third-order valence-corrected chi connectivity index (χ3v) is 6.22. The third kappa shape index (κ3) is 9.23. The molecule has 0 aliphatic heterocycles. The number of amides is 1. The number of allylic oxidation sites excluding steroid dienone is 2. The number of anilines is 1.